The minimum Gasteiger partial charge on any atom is -0.379 e. The van der Waals surface area contributed by atoms with Gasteiger partial charge in [0.25, 0.3) is 0 Å². The Kier molecular flexibility index (Phi) is 12.4. The Morgan fingerprint density at radius 1 is 0.974 bits per heavy atom. The molecule has 218 valence electrons. The minimum atomic E-state index is -4.92. The zero-order valence-electron chi connectivity index (χ0n) is 22.6. The fraction of sp³-hybridized carbons (Fsp3) is 0.741. The number of halogens is 6. The van der Waals surface area contributed by atoms with Gasteiger partial charge in [-0.25, -0.2) is 0 Å². The average Bonchev–Trinajstić information content (AvgIpc) is 3.38. The highest BCUT2D eigenvalue weighted by molar-refractivity contribution is 5.79. The summed E-state index contributed by atoms with van der Waals surface area (Å²) in [6.45, 7) is 10.4. The van der Waals surface area contributed by atoms with Crippen LogP contribution in [0.15, 0.2) is 18.2 Å². The SMILES string of the molecule is CC.CCC.O=C(NCc1cc(C(F)(F)F)cc(C(F)(F)F)c1)C1CCC(N2CCOC3COCCC32)C1. The number of benzene rings is 1. The number of ether oxygens (including phenoxy) is 2. The molecule has 1 amide bonds. The van der Waals surface area contributed by atoms with Crippen LogP contribution in [0.3, 0.4) is 0 Å². The molecule has 2 aliphatic heterocycles. The molecular formula is C27H40F6N2O3. The van der Waals surface area contributed by atoms with Gasteiger partial charge in [0.05, 0.1) is 30.4 Å². The molecule has 1 aliphatic carbocycles. The smallest absolute Gasteiger partial charge is 0.379 e. The summed E-state index contributed by atoms with van der Waals surface area (Å²) in [7, 11) is 0. The van der Waals surface area contributed by atoms with Crippen LogP contribution in [0, 0.1) is 5.92 Å². The molecule has 38 heavy (non-hydrogen) atoms. The van der Waals surface area contributed by atoms with Crippen molar-refractivity contribution in [2.24, 2.45) is 5.92 Å². The molecule has 4 rings (SSSR count). The van der Waals surface area contributed by atoms with Crippen LogP contribution < -0.4 is 5.32 Å². The van der Waals surface area contributed by atoms with E-state index in [0.717, 1.165) is 19.4 Å². The normalized spacial score (nSPS) is 25.8. The van der Waals surface area contributed by atoms with E-state index in [-0.39, 0.29) is 41.6 Å². The Morgan fingerprint density at radius 3 is 2.16 bits per heavy atom. The third-order valence-corrected chi connectivity index (χ3v) is 6.74. The first-order valence-electron chi connectivity index (χ1n) is 13.4. The van der Waals surface area contributed by atoms with Crippen LogP contribution in [-0.4, -0.2) is 55.4 Å². The second-order valence-electron chi connectivity index (χ2n) is 9.58. The van der Waals surface area contributed by atoms with Crippen molar-refractivity contribution in [1.82, 2.24) is 10.2 Å². The minimum absolute atomic E-state index is 0.0177. The molecule has 3 aliphatic rings. The van der Waals surface area contributed by atoms with Crippen LogP contribution in [0.5, 0.6) is 0 Å². The van der Waals surface area contributed by atoms with Gasteiger partial charge in [0.1, 0.15) is 0 Å². The summed E-state index contributed by atoms with van der Waals surface area (Å²) in [5.74, 6) is -0.677. The second kappa shape index (κ2) is 14.5. The van der Waals surface area contributed by atoms with Crippen LogP contribution in [0.4, 0.5) is 26.3 Å². The van der Waals surface area contributed by atoms with Gasteiger partial charge in [-0.1, -0.05) is 34.1 Å². The number of hydrogen-bond acceptors (Lipinski definition) is 4. The highest BCUT2D eigenvalue weighted by Gasteiger charge is 2.42. The molecule has 11 heteroatoms. The van der Waals surface area contributed by atoms with Crippen molar-refractivity contribution in [2.75, 3.05) is 26.4 Å². The number of alkyl halides is 6. The molecule has 2 saturated heterocycles. The summed E-state index contributed by atoms with van der Waals surface area (Å²) >= 11 is 0. The average molecular weight is 555 g/mol. The van der Waals surface area contributed by atoms with Gasteiger partial charge in [-0.15, -0.1) is 0 Å². The third-order valence-electron chi connectivity index (χ3n) is 6.74. The van der Waals surface area contributed by atoms with E-state index in [0.29, 0.717) is 44.8 Å². The molecular weight excluding hydrogens is 514 g/mol. The number of carbonyl (C=O) groups excluding carboxylic acids is 1. The van der Waals surface area contributed by atoms with E-state index in [1.165, 1.54) is 6.42 Å². The summed E-state index contributed by atoms with van der Waals surface area (Å²) < 4.78 is 89.5. The first-order chi connectivity index (χ1) is 17.9. The Bertz CT molecular complexity index is 843. The Labute approximate surface area is 221 Å². The van der Waals surface area contributed by atoms with Crippen molar-refractivity contribution in [2.45, 2.75) is 96.9 Å². The fourth-order valence-corrected chi connectivity index (χ4v) is 5.12. The van der Waals surface area contributed by atoms with Gasteiger partial charge in [-0.3, -0.25) is 9.69 Å². The first-order valence-corrected chi connectivity index (χ1v) is 13.4. The molecule has 1 saturated carbocycles. The van der Waals surface area contributed by atoms with E-state index >= 15 is 0 Å². The van der Waals surface area contributed by atoms with Gasteiger partial charge in [-0.05, 0) is 49.4 Å². The van der Waals surface area contributed by atoms with E-state index in [1.54, 1.807) is 0 Å². The molecule has 3 fully saturated rings. The Morgan fingerprint density at radius 2 is 1.58 bits per heavy atom. The highest BCUT2D eigenvalue weighted by atomic mass is 19.4. The quantitative estimate of drug-likeness (QED) is 0.435. The molecule has 1 aromatic rings. The van der Waals surface area contributed by atoms with Gasteiger partial charge >= 0.3 is 12.4 Å². The van der Waals surface area contributed by atoms with E-state index in [9.17, 15) is 31.1 Å². The monoisotopic (exact) mass is 554 g/mol. The maximum absolute atomic E-state index is 13.0. The lowest BCUT2D eigenvalue weighted by molar-refractivity contribution is -0.145. The number of amides is 1. The lowest BCUT2D eigenvalue weighted by Gasteiger charge is -2.46. The van der Waals surface area contributed by atoms with E-state index in [1.807, 2.05) is 13.8 Å². The Balaban J connectivity index is 0.000000947. The van der Waals surface area contributed by atoms with Crippen molar-refractivity contribution in [3.05, 3.63) is 34.9 Å². The van der Waals surface area contributed by atoms with Crippen molar-refractivity contribution in [1.29, 1.82) is 0 Å². The number of carbonyl (C=O) groups is 1. The zero-order valence-corrected chi connectivity index (χ0v) is 22.6. The molecule has 0 bridgehead atoms. The molecule has 0 radical (unpaired) electrons. The summed E-state index contributed by atoms with van der Waals surface area (Å²) in [6, 6.07) is 1.81. The number of rotatable bonds is 4. The van der Waals surface area contributed by atoms with Crippen molar-refractivity contribution in [3.63, 3.8) is 0 Å². The predicted molar refractivity (Wildman–Crippen MR) is 132 cm³/mol. The van der Waals surface area contributed by atoms with Gasteiger partial charge < -0.3 is 14.8 Å². The second-order valence-corrected chi connectivity index (χ2v) is 9.58. The molecule has 4 unspecified atom stereocenters. The zero-order chi connectivity index (χ0) is 28.5. The summed E-state index contributed by atoms with van der Waals surface area (Å²) in [5.41, 5.74) is -3.01. The summed E-state index contributed by atoms with van der Waals surface area (Å²) in [6.07, 6.45) is -5.68. The third kappa shape index (κ3) is 8.84. The molecule has 4 atom stereocenters. The van der Waals surface area contributed by atoms with Gasteiger partial charge in [0.2, 0.25) is 5.91 Å². The van der Waals surface area contributed by atoms with Crippen molar-refractivity contribution >= 4 is 5.91 Å². The highest BCUT2D eigenvalue weighted by Crippen LogP contribution is 2.37. The molecule has 0 spiro atoms. The van der Waals surface area contributed by atoms with Crippen LogP contribution >= 0.6 is 0 Å². The number of nitrogens with one attached hydrogen (secondary N) is 1. The fourth-order valence-electron chi connectivity index (χ4n) is 5.12. The van der Waals surface area contributed by atoms with E-state index in [4.69, 9.17) is 9.47 Å². The van der Waals surface area contributed by atoms with Gasteiger partial charge in [-0.2, -0.15) is 26.3 Å². The van der Waals surface area contributed by atoms with Gasteiger partial charge in [0.15, 0.2) is 0 Å². The van der Waals surface area contributed by atoms with Crippen LogP contribution in [0.1, 0.15) is 76.5 Å². The first kappa shape index (κ1) is 32.4. The van der Waals surface area contributed by atoms with Crippen LogP contribution in [-0.2, 0) is 33.2 Å². The standard InChI is InChI=1S/C22H26F6N2O3.C3H8.C2H6/c23-21(24,25)15-7-13(8-16(10-15)22(26,27)28)11-29-20(31)14-1-2-17(9-14)30-4-6-33-19-12-32-5-3-18(19)30;1-3-2;1-2/h7-8,10,14,17-19H,1-6,9,11-12H2,(H,29,31);3H2,1-2H3;1-2H3. The number of hydrogen-bond donors (Lipinski definition) is 1. The number of nitrogens with zero attached hydrogens (tertiary/aromatic N) is 1. The lowest BCUT2D eigenvalue weighted by Crippen LogP contribution is -2.58. The van der Waals surface area contributed by atoms with E-state index in [2.05, 4.69) is 24.1 Å². The molecule has 1 aromatic carbocycles. The number of morpholine rings is 1. The maximum Gasteiger partial charge on any atom is 0.416 e. The van der Waals surface area contributed by atoms with Crippen molar-refractivity contribution < 1.29 is 40.6 Å². The largest absolute Gasteiger partial charge is 0.416 e. The number of fused-ring (bicyclic) bond motifs is 1. The topological polar surface area (TPSA) is 50.8 Å². The molecule has 0 aromatic heterocycles. The molecule has 5 nitrogen and oxygen atoms in total. The van der Waals surface area contributed by atoms with Gasteiger partial charge in [0, 0.05) is 37.7 Å². The van der Waals surface area contributed by atoms with Crippen molar-refractivity contribution in [3.8, 4) is 0 Å². The lowest BCUT2D eigenvalue weighted by atomic mass is 9.98. The summed E-state index contributed by atoms with van der Waals surface area (Å²) in [5, 5.41) is 2.54. The summed E-state index contributed by atoms with van der Waals surface area (Å²) in [4.78, 5) is 15.1. The van der Waals surface area contributed by atoms with Crippen LogP contribution in [0.25, 0.3) is 0 Å². The van der Waals surface area contributed by atoms with Crippen LogP contribution in [0.2, 0.25) is 0 Å². The Hall–Kier alpha value is -1.85. The molecule has 2 heterocycles. The maximum atomic E-state index is 13.0. The predicted octanol–water partition coefficient (Wildman–Crippen LogP) is 6.44. The molecule has 1 N–H and O–H groups in total. The van der Waals surface area contributed by atoms with E-state index < -0.39 is 30.0 Å².